The van der Waals surface area contributed by atoms with Crippen molar-refractivity contribution >= 4 is 45.0 Å². The van der Waals surface area contributed by atoms with Crippen LogP contribution in [0.1, 0.15) is 29.3 Å². The molecule has 0 aromatic heterocycles. The summed E-state index contributed by atoms with van der Waals surface area (Å²) in [6, 6.07) is 12.6. The summed E-state index contributed by atoms with van der Waals surface area (Å²) >= 11 is 3.46. The molecule has 6 heteroatoms. The van der Waals surface area contributed by atoms with Gasteiger partial charge < -0.3 is 5.32 Å². The normalized spacial score (nSPS) is 31.5. The summed E-state index contributed by atoms with van der Waals surface area (Å²) in [5, 5.41) is 2.97. The van der Waals surface area contributed by atoms with Crippen molar-refractivity contribution < 1.29 is 14.4 Å². The molecule has 6 atom stereocenters. The Labute approximate surface area is 195 Å². The van der Waals surface area contributed by atoms with Crippen LogP contribution in [0.2, 0.25) is 0 Å². The van der Waals surface area contributed by atoms with E-state index < -0.39 is 0 Å². The third-order valence-electron chi connectivity index (χ3n) is 7.75. The van der Waals surface area contributed by atoms with Gasteiger partial charge in [0.25, 0.3) is 5.91 Å². The molecule has 1 aliphatic heterocycles. The van der Waals surface area contributed by atoms with Crippen LogP contribution in [0.3, 0.4) is 0 Å². The fourth-order valence-electron chi connectivity index (χ4n) is 6.14. The molecule has 2 aromatic rings. The Bertz CT molecular complexity index is 1150. The molecular weight excluding hydrogens is 468 g/mol. The molecule has 0 radical (unpaired) electrons. The number of carbonyl (C=O) groups excluding carboxylic acids is 3. The van der Waals surface area contributed by atoms with Gasteiger partial charge in [-0.3, -0.25) is 19.3 Å². The zero-order valence-electron chi connectivity index (χ0n) is 17.6. The first kappa shape index (κ1) is 19.9. The molecule has 2 bridgehead atoms. The van der Waals surface area contributed by atoms with Crippen LogP contribution < -0.4 is 10.2 Å². The number of benzene rings is 2. The van der Waals surface area contributed by atoms with E-state index >= 15 is 0 Å². The molecule has 2 saturated carbocycles. The number of carbonyl (C=O) groups is 3. The van der Waals surface area contributed by atoms with Gasteiger partial charge in [0.1, 0.15) is 0 Å². The van der Waals surface area contributed by atoms with Crippen molar-refractivity contribution in [2.24, 2.45) is 35.5 Å². The molecule has 0 unspecified atom stereocenters. The monoisotopic (exact) mass is 490 g/mol. The zero-order chi connectivity index (χ0) is 22.1. The Balaban J connectivity index is 1.22. The lowest BCUT2D eigenvalue weighted by atomic mass is 9.63. The molecule has 162 valence electrons. The Morgan fingerprint density at radius 3 is 2.22 bits per heavy atom. The summed E-state index contributed by atoms with van der Waals surface area (Å²) in [6.45, 7) is 2.04. The second-order valence-electron chi connectivity index (χ2n) is 9.32. The quantitative estimate of drug-likeness (QED) is 0.493. The van der Waals surface area contributed by atoms with E-state index in [9.17, 15) is 14.4 Å². The molecular formula is C26H23BrN2O3. The molecule has 2 aromatic carbocycles. The smallest absolute Gasteiger partial charge is 0.255 e. The first-order chi connectivity index (χ1) is 15.5. The van der Waals surface area contributed by atoms with Crippen molar-refractivity contribution in [1.29, 1.82) is 0 Å². The van der Waals surface area contributed by atoms with E-state index in [0.717, 1.165) is 28.6 Å². The third kappa shape index (κ3) is 2.85. The summed E-state index contributed by atoms with van der Waals surface area (Å²) < 4.78 is 0.971. The molecule has 3 amide bonds. The number of amides is 3. The standard InChI is InChI=1S/C26H23BrN2O3/c1-2-13-11-15(27)5-10-21(13)28-24(30)14-3-6-16(7-4-14)29-25(31)22-17-8-9-18(20-12-19(17)20)23(22)26(29)32/h3-11,17-20,22-23H,2,12H2,1H3,(H,28,30)/t17-,18-,19-,20-,22+,23+/m0/s1. The van der Waals surface area contributed by atoms with Crippen LogP contribution in [0.4, 0.5) is 11.4 Å². The maximum Gasteiger partial charge on any atom is 0.255 e. The van der Waals surface area contributed by atoms with Crippen LogP contribution in [0, 0.1) is 35.5 Å². The van der Waals surface area contributed by atoms with Crippen LogP contribution in [0.15, 0.2) is 59.1 Å². The zero-order valence-corrected chi connectivity index (χ0v) is 19.2. The maximum absolute atomic E-state index is 13.3. The van der Waals surface area contributed by atoms with Crippen LogP contribution >= 0.6 is 15.9 Å². The summed E-state index contributed by atoms with van der Waals surface area (Å²) in [4.78, 5) is 40.7. The van der Waals surface area contributed by atoms with Crippen LogP contribution in [0.5, 0.6) is 0 Å². The highest BCUT2D eigenvalue weighted by Crippen LogP contribution is 2.65. The average Bonchev–Trinajstić information content (AvgIpc) is 3.58. The number of rotatable bonds is 4. The van der Waals surface area contributed by atoms with Gasteiger partial charge in [-0.1, -0.05) is 35.0 Å². The number of nitrogens with one attached hydrogen (secondary N) is 1. The fraction of sp³-hybridized carbons (Fsp3) is 0.346. The molecule has 7 rings (SSSR count). The van der Waals surface area contributed by atoms with Gasteiger partial charge >= 0.3 is 0 Å². The van der Waals surface area contributed by atoms with E-state index in [0.29, 0.717) is 23.1 Å². The van der Waals surface area contributed by atoms with Crippen molar-refractivity contribution in [2.75, 3.05) is 10.2 Å². The molecule has 0 spiro atoms. The highest BCUT2D eigenvalue weighted by Gasteiger charge is 2.67. The third-order valence-corrected chi connectivity index (χ3v) is 8.24. The van der Waals surface area contributed by atoms with E-state index in [1.807, 2.05) is 25.1 Å². The minimum atomic E-state index is -0.219. The average molecular weight is 491 g/mol. The predicted octanol–water partition coefficient (Wildman–Crippen LogP) is 4.82. The Morgan fingerprint density at radius 1 is 1.00 bits per heavy atom. The fourth-order valence-corrected chi connectivity index (χ4v) is 6.55. The van der Waals surface area contributed by atoms with Crippen molar-refractivity contribution in [3.8, 4) is 0 Å². The Kier molecular flexibility index (Phi) is 4.44. The van der Waals surface area contributed by atoms with Crippen molar-refractivity contribution in [3.05, 3.63) is 70.2 Å². The number of imide groups is 1. The lowest BCUT2D eigenvalue weighted by Crippen LogP contribution is -2.40. The van der Waals surface area contributed by atoms with Crippen molar-refractivity contribution in [2.45, 2.75) is 19.8 Å². The molecule has 1 saturated heterocycles. The molecule has 1 N–H and O–H groups in total. The molecule has 5 aliphatic rings. The number of hydrogen-bond acceptors (Lipinski definition) is 3. The van der Waals surface area contributed by atoms with Gasteiger partial charge in [-0.25, -0.2) is 0 Å². The molecule has 1 heterocycles. The summed E-state index contributed by atoms with van der Waals surface area (Å²) in [5.74, 6) is 0.780. The van der Waals surface area contributed by atoms with E-state index in [2.05, 4.69) is 33.4 Å². The van der Waals surface area contributed by atoms with Gasteiger partial charge in [-0.15, -0.1) is 0 Å². The summed E-state index contributed by atoms with van der Waals surface area (Å²) in [7, 11) is 0. The van der Waals surface area contributed by atoms with Crippen molar-refractivity contribution in [1.82, 2.24) is 0 Å². The van der Waals surface area contributed by atoms with Crippen LogP contribution in [-0.2, 0) is 16.0 Å². The lowest BCUT2D eigenvalue weighted by molar-refractivity contribution is -0.124. The van der Waals surface area contributed by atoms with Gasteiger partial charge in [-0.05, 0) is 84.5 Å². The number of allylic oxidation sites excluding steroid dienone is 2. The maximum atomic E-state index is 13.3. The van der Waals surface area contributed by atoms with E-state index in [1.165, 1.54) is 4.90 Å². The topological polar surface area (TPSA) is 66.5 Å². The number of halogens is 1. The van der Waals surface area contributed by atoms with E-state index in [1.54, 1.807) is 24.3 Å². The number of hydrogen-bond donors (Lipinski definition) is 1. The highest BCUT2D eigenvalue weighted by atomic mass is 79.9. The van der Waals surface area contributed by atoms with Crippen LogP contribution in [0.25, 0.3) is 0 Å². The minimum Gasteiger partial charge on any atom is -0.322 e. The molecule has 32 heavy (non-hydrogen) atoms. The highest BCUT2D eigenvalue weighted by molar-refractivity contribution is 9.10. The minimum absolute atomic E-state index is 0.0793. The number of aryl methyl sites for hydroxylation is 1. The van der Waals surface area contributed by atoms with Crippen LogP contribution in [-0.4, -0.2) is 17.7 Å². The number of anilines is 2. The first-order valence-electron chi connectivity index (χ1n) is 11.2. The van der Waals surface area contributed by atoms with Gasteiger partial charge in [0, 0.05) is 15.7 Å². The summed E-state index contributed by atoms with van der Waals surface area (Å²) in [6.07, 6.45) is 6.30. The second kappa shape index (κ2) is 7.14. The largest absolute Gasteiger partial charge is 0.322 e. The van der Waals surface area contributed by atoms with E-state index in [-0.39, 0.29) is 41.4 Å². The van der Waals surface area contributed by atoms with Gasteiger partial charge in [0.05, 0.1) is 17.5 Å². The Hall–Kier alpha value is -2.73. The SMILES string of the molecule is CCc1cc(Br)ccc1NC(=O)c1ccc(N2C(=O)[C@@H]3[C@H]4C=C[C@@H]([C@@H]5C[C@@H]45)[C@H]3C2=O)cc1. The van der Waals surface area contributed by atoms with Crippen molar-refractivity contribution in [3.63, 3.8) is 0 Å². The lowest BCUT2D eigenvalue weighted by Gasteiger charge is -2.37. The van der Waals surface area contributed by atoms with Gasteiger partial charge in [0.15, 0.2) is 0 Å². The van der Waals surface area contributed by atoms with Gasteiger partial charge in [0.2, 0.25) is 11.8 Å². The van der Waals surface area contributed by atoms with Gasteiger partial charge in [-0.2, -0.15) is 0 Å². The first-order valence-corrected chi connectivity index (χ1v) is 12.0. The second-order valence-corrected chi connectivity index (χ2v) is 10.2. The summed E-state index contributed by atoms with van der Waals surface area (Å²) in [5.41, 5.74) is 2.86. The molecule has 5 nitrogen and oxygen atoms in total. The Morgan fingerprint density at radius 2 is 1.62 bits per heavy atom. The molecule has 3 fully saturated rings. The number of nitrogens with zero attached hydrogens (tertiary/aromatic N) is 1. The van der Waals surface area contributed by atoms with E-state index in [4.69, 9.17) is 0 Å². The predicted molar refractivity (Wildman–Crippen MR) is 125 cm³/mol. The molecule has 4 aliphatic carbocycles.